The largest absolute Gasteiger partial charge is 0.306 e. The van der Waals surface area contributed by atoms with E-state index in [4.69, 9.17) is 11.6 Å². The molecular formula is C6H4ClF2N3O4S. The number of primary sulfonamides is 1. The Balaban J connectivity index is 3.69. The van der Waals surface area contributed by atoms with Gasteiger partial charge < -0.3 is 0 Å². The summed E-state index contributed by atoms with van der Waals surface area (Å²) in [6, 6.07) is 0. The third-order valence-electron chi connectivity index (χ3n) is 1.68. The van der Waals surface area contributed by atoms with Crippen molar-refractivity contribution in [3.8, 4) is 0 Å². The molecule has 17 heavy (non-hydrogen) atoms. The summed E-state index contributed by atoms with van der Waals surface area (Å²) in [5.74, 6) is 0. The molecule has 1 heterocycles. The Morgan fingerprint density at radius 1 is 1.53 bits per heavy atom. The van der Waals surface area contributed by atoms with Crippen LogP contribution in [0.25, 0.3) is 0 Å². The van der Waals surface area contributed by atoms with Crippen LogP contribution in [0.4, 0.5) is 14.5 Å². The average Bonchev–Trinajstić information content (AvgIpc) is 2.14. The molecule has 0 aliphatic rings. The number of alkyl halides is 2. The zero-order valence-electron chi connectivity index (χ0n) is 7.80. The van der Waals surface area contributed by atoms with Crippen molar-refractivity contribution in [2.45, 2.75) is 11.5 Å². The Kier molecular flexibility index (Phi) is 3.59. The number of hydrogen-bond acceptors (Lipinski definition) is 5. The van der Waals surface area contributed by atoms with Gasteiger partial charge in [0.1, 0.15) is 11.2 Å². The van der Waals surface area contributed by atoms with Crippen LogP contribution in [0.15, 0.2) is 11.2 Å². The number of nitrogens with two attached hydrogens (primary N) is 1. The quantitative estimate of drug-likeness (QED) is 0.663. The third kappa shape index (κ3) is 2.65. The average molecular weight is 288 g/mol. The van der Waals surface area contributed by atoms with E-state index in [1.54, 1.807) is 0 Å². The molecule has 0 aliphatic carbocycles. The molecular weight excluding hydrogens is 284 g/mol. The molecule has 0 aliphatic heterocycles. The fraction of sp³-hybridized carbons (Fsp3) is 0.167. The number of pyridine rings is 1. The molecule has 0 amide bonds. The number of sulfonamides is 1. The molecule has 0 spiro atoms. The Morgan fingerprint density at radius 2 is 2.06 bits per heavy atom. The molecule has 94 valence electrons. The lowest BCUT2D eigenvalue weighted by molar-refractivity contribution is -0.385. The molecule has 0 atom stereocenters. The standard InChI is InChI=1S/C6H4ClF2N3O4S/c7-4-2(12(13)14)1-11-6(17(10,15)16)3(4)5(8)9/h1,5H,(H2,10,15,16). The fourth-order valence-electron chi connectivity index (χ4n) is 1.02. The molecule has 7 nitrogen and oxygen atoms in total. The molecule has 0 radical (unpaired) electrons. The summed E-state index contributed by atoms with van der Waals surface area (Å²) >= 11 is 5.33. The number of nitro groups is 1. The van der Waals surface area contributed by atoms with Gasteiger partial charge in [-0.05, 0) is 0 Å². The van der Waals surface area contributed by atoms with Gasteiger partial charge in [-0.15, -0.1) is 0 Å². The molecule has 11 heteroatoms. The first kappa shape index (κ1) is 13.7. The summed E-state index contributed by atoms with van der Waals surface area (Å²) in [5.41, 5.74) is -2.20. The molecule has 0 saturated carbocycles. The summed E-state index contributed by atoms with van der Waals surface area (Å²) in [6.45, 7) is 0. The minimum Gasteiger partial charge on any atom is -0.258 e. The van der Waals surface area contributed by atoms with E-state index in [9.17, 15) is 27.3 Å². The molecule has 1 aromatic rings. The Morgan fingerprint density at radius 3 is 2.41 bits per heavy atom. The van der Waals surface area contributed by atoms with E-state index < -0.39 is 42.7 Å². The van der Waals surface area contributed by atoms with E-state index >= 15 is 0 Å². The highest BCUT2D eigenvalue weighted by atomic mass is 35.5. The van der Waals surface area contributed by atoms with Crippen molar-refractivity contribution in [3.63, 3.8) is 0 Å². The summed E-state index contributed by atoms with van der Waals surface area (Å²) in [7, 11) is -4.54. The first-order chi connectivity index (χ1) is 7.66. The first-order valence-corrected chi connectivity index (χ1v) is 5.72. The normalized spacial score (nSPS) is 11.8. The van der Waals surface area contributed by atoms with Crippen LogP contribution in [-0.4, -0.2) is 18.3 Å². The molecule has 0 unspecified atom stereocenters. The molecule has 2 N–H and O–H groups in total. The summed E-state index contributed by atoms with van der Waals surface area (Å²) < 4.78 is 47.1. The van der Waals surface area contributed by atoms with Gasteiger partial charge in [0.05, 0.1) is 10.5 Å². The van der Waals surface area contributed by atoms with Crippen LogP contribution >= 0.6 is 11.6 Å². The van der Waals surface area contributed by atoms with Gasteiger partial charge in [-0.2, -0.15) is 0 Å². The van der Waals surface area contributed by atoms with Crippen molar-refractivity contribution < 1.29 is 22.1 Å². The van der Waals surface area contributed by atoms with Gasteiger partial charge in [0.25, 0.3) is 16.4 Å². The number of hydrogen-bond donors (Lipinski definition) is 1. The van der Waals surface area contributed by atoms with E-state index in [2.05, 4.69) is 10.1 Å². The van der Waals surface area contributed by atoms with Crippen molar-refractivity contribution in [2.75, 3.05) is 0 Å². The second-order valence-corrected chi connectivity index (χ2v) is 4.63. The van der Waals surface area contributed by atoms with Gasteiger partial charge in [0, 0.05) is 0 Å². The SMILES string of the molecule is NS(=O)(=O)c1ncc([N+](=O)[O-])c(Cl)c1C(F)F. The lowest BCUT2D eigenvalue weighted by Crippen LogP contribution is -2.17. The molecule has 1 rings (SSSR count). The van der Waals surface area contributed by atoms with Crippen molar-refractivity contribution in [1.82, 2.24) is 4.98 Å². The van der Waals surface area contributed by atoms with Gasteiger partial charge in [0.15, 0.2) is 5.03 Å². The number of nitrogens with zero attached hydrogens (tertiary/aromatic N) is 2. The summed E-state index contributed by atoms with van der Waals surface area (Å²) in [5, 5.41) is 12.9. The smallest absolute Gasteiger partial charge is 0.258 e. The van der Waals surface area contributed by atoms with Gasteiger partial charge in [-0.3, -0.25) is 10.1 Å². The van der Waals surface area contributed by atoms with Crippen molar-refractivity contribution in [2.24, 2.45) is 5.14 Å². The topological polar surface area (TPSA) is 116 Å². The van der Waals surface area contributed by atoms with Crippen molar-refractivity contribution in [1.29, 1.82) is 0 Å². The lowest BCUT2D eigenvalue weighted by Gasteiger charge is -2.07. The maximum Gasteiger partial charge on any atom is 0.306 e. The predicted molar refractivity (Wildman–Crippen MR) is 52.2 cm³/mol. The number of rotatable bonds is 3. The van der Waals surface area contributed by atoms with Crippen LogP contribution in [0, 0.1) is 10.1 Å². The summed E-state index contributed by atoms with van der Waals surface area (Å²) in [6.07, 6.45) is -2.91. The maximum absolute atomic E-state index is 12.6. The van der Waals surface area contributed by atoms with Gasteiger partial charge in [-0.1, -0.05) is 11.6 Å². The Hall–Kier alpha value is -1.39. The zero-order valence-corrected chi connectivity index (χ0v) is 9.37. The van der Waals surface area contributed by atoms with Crippen LogP contribution in [0.3, 0.4) is 0 Å². The minimum absolute atomic E-state index is 0.452. The molecule has 1 aromatic heterocycles. The zero-order chi connectivity index (χ0) is 13.4. The highest BCUT2D eigenvalue weighted by Gasteiger charge is 2.30. The second kappa shape index (κ2) is 4.47. The van der Waals surface area contributed by atoms with Crippen molar-refractivity contribution in [3.05, 3.63) is 26.9 Å². The van der Waals surface area contributed by atoms with Crippen molar-refractivity contribution >= 4 is 27.3 Å². The highest BCUT2D eigenvalue weighted by molar-refractivity contribution is 7.89. The van der Waals surface area contributed by atoms with Crippen LogP contribution in [0.2, 0.25) is 5.02 Å². The minimum atomic E-state index is -4.54. The Bertz CT molecular complexity index is 577. The van der Waals surface area contributed by atoms with Gasteiger partial charge in [0.2, 0.25) is 0 Å². The second-order valence-electron chi connectivity index (χ2n) is 2.78. The molecule has 0 saturated heterocycles. The van der Waals surface area contributed by atoms with Crippen LogP contribution in [-0.2, 0) is 10.0 Å². The van der Waals surface area contributed by atoms with Crippen LogP contribution in [0.5, 0.6) is 0 Å². The van der Waals surface area contributed by atoms with E-state index in [1.165, 1.54) is 0 Å². The Labute approximate surface area is 98.4 Å². The first-order valence-electron chi connectivity index (χ1n) is 3.80. The highest BCUT2D eigenvalue weighted by Crippen LogP contribution is 2.36. The molecule has 0 fully saturated rings. The lowest BCUT2D eigenvalue weighted by atomic mass is 10.2. The monoisotopic (exact) mass is 287 g/mol. The van der Waals surface area contributed by atoms with E-state index in [0.29, 0.717) is 6.20 Å². The fourth-order valence-corrected chi connectivity index (χ4v) is 2.06. The number of halogens is 3. The third-order valence-corrected chi connectivity index (χ3v) is 2.94. The van der Waals surface area contributed by atoms with Crippen LogP contribution < -0.4 is 5.14 Å². The van der Waals surface area contributed by atoms with E-state index in [-0.39, 0.29) is 0 Å². The summed E-state index contributed by atoms with van der Waals surface area (Å²) in [4.78, 5) is 12.4. The van der Waals surface area contributed by atoms with E-state index in [1.807, 2.05) is 0 Å². The molecule has 0 bridgehead atoms. The van der Waals surface area contributed by atoms with Crippen LogP contribution in [0.1, 0.15) is 12.0 Å². The number of aromatic nitrogens is 1. The maximum atomic E-state index is 12.6. The van der Waals surface area contributed by atoms with E-state index in [0.717, 1.165) is 0 Å². The van der Waals surface area contributed by atoms with Gasteiger partial charge >= 0.3 is 5.69 Å². The molecule has 0 aromatic carbocycles. The predicted octanol–water partition coefficient (Wildman–Crippen LogP) is 1.23. The van der Waals surface area contributed by atoms with Gasteiger partial charge in [-0.25, -0.2) is 27.3 Å².